The maximum atomic E-state index is 14.7. The monoisotopic (exact) mass is 1740 g/mol. The van der Waals surface area contributed by atoms with Crippen LogP contribution >= 0.6 is 7.82 Å². The van der Waals surface area contributed by atoms with Gasteiger partial charge in [-0.25, -0.2) is 9.36 Å². The van der Waals surface area contributed by atoms with Gasteiger partial charge in [-0.3, -0.25) is 47.5 Å². The van der Waals surface area contributed by atoms with Gasteiger partial charge in [0, 0.05) is 110 Å². The Morgan fingerprint density at radius 3 is 1.12 bits per heavy atom. The summed E-state index contributed by atoms with van der Waals surface area (Å²) in [6.45, 7) is 3.14. The van der Waals surface area contributed by atoms with Gasteiger partial charge in [0.25, 0.3) is 5.91 Å². The largest absolute Gasteiger partial charge is 0.472 e. The van der Waals surface area contributed by atoms with E-state index in [4.69, 9.17) is 56.8 Å². The number of nitrogens with one attached hydrogen (secondary N) is 8. The molecule has 0 aromatic heterocycles. The number of anilines is 1. The fraction of sp³-hybridized carbons (Fsp3) is 0.823. The third kappa shape index (κ3) is 39.5. The highest BCUT2D eigenvalue weighted by atomic mass is 31.2. The molecule has 16 unspecified atom stereocenters. The summed E-state index contributed by atoms with van der Waals surface area (Å²) in [4.78, 5) is 115. The summed E-state index contributed by atoms with van der Waals surface area (Å²) in [7, 11) is -4.18. The Morgan fingerprint density at radius 2 is 0.775 bits per heavy atom. The molecule has 40 nitrogen and oxygen atoms in total. The second-order valence-corrected chi connectivity index (χ2v) is 32.2. The summed E-state index contributed by atoms with van der Waals surface area (Å²) in [6.07, 6.45) is -0.268. The van der Waals surface area contributed by atoms with Crippen LogP contribution in [0.15, 0.2) is 18.2 Å². The van der Waals surface area contributed by atoms with Crippen molar-refractivity contribution in [1.82, 2.24) is 42.5 Å². The van der Waals surface area contributed by atoms with Crippen molar-refractivity contribution < 1.29 is 151 Å². The lowest BCUT2D eigenvalue weighted by Gasteiger charge is -2.42. The Hall–Kier alpha value is -5.87. The van der Waals surface area contributed by atoms with Crippen LogP contribution in [0.3, 0.4) is 0 Å². The zero-order valence-electron chi connectivity index (χ0n) is 69.9. The van der Waals surface area contributed by atoms with Crippen LogP contribution in [-0.4, -0.2) is 333 Å². The van der Waals surface area contributed by atoms with Crippen LogP contribution < -0.4 is 47.4 Å². The lowest BCUT2D eigenvalue weighted by molar-refractivity contribution is -0.270. The average Bonchev–Trinajstić information content (AvgIpc) is 1.11. The number of hydrogen-bond donors (Lipinski definition) is 19. The van der Waals surface area contributed by atoms with Gasteiger partial charge in [-0.2, -0.15) is 0 Å². The van der Waals surface area contributed by atoms with Crippen LogP contribution in [0.1, 0.15) is 197 Å². The molecular weight excluding hydrogens is 1600 g/mol. The standard InChI is InChI=1S/C79H138N9O31P/c1-53(93)84-65-71(102)68(99)59(47-90)117-75(65)112-38-21-12-6-16-32-80-62(96)29-43-109-50-79(51-110-44-30-63(97)81-33-17-7-13-22-39-113-76-66(85-54(2)94)72(103)69(100)60(48-91)118-76,52-111-45-31-64(98)82-34-18-8-14-23-40-114-77-67(86-55(3)95)73(104)70(101)61(49-92)119-77)87-74(105)57-26-27-58-56(46-57)28-36-88(58)78(106)83-35-19-9-15-25-42-116-120(107,108)115-41-24-11-5-4-10-20-37-89/h26-27,46,59-61,65-73,75-77,89-92,99-104H,4-25,28-45,47-52H2,1-3H3,(H,80,96)(H,81,97)(H,82,98)(H,83,106)(H,84,93)(H,85,94)(H,86,95)(H,87,105)(H,107,108). The number of phosphoric acid groups is 1. The number of ether oxygens (including phenoxy) is 9. The quantitative estimate of drug-likeness (QED) is 0.0286. The number of nitrogens with zero attached hydrogens (tertiary/aromatic N) is 1. The Kier molecular flexibility index (Phi) is 51.6. The zero-order valence-corrected chi connectivity index (χ0v) is 70.8. The number of carbonyl (C=O) groups is 8. The first-order valence-electron chi connectivity index (χ1n) is 42.5. The van der Waals surface area contributed by atoms with Crippen molar-refractivity contribution in [2.75, 3.05) is 137 Å². The predicted octanol–water partition coefficient (Wildman–Crippen LogP) is -0.615. The summed E-state index contributed by atoms with van der Waals surface area (Å²) in [5.41, 5.74) is -0.0178. The van der Waals surface area contributed by atoms with Crippen molar-refractivity contribution in [2.24, 2.45) is 0 Å². The molecular formula is C79H138N9O31P. The molecule has 690 valence electrons. The van der Waals surface area contributed by atoms with E-state index in [1.807, 2.05) is 0 Å². The van der Waals surface area contributed by atoms with Crippen LogP contribution in [0, 0.1) is 0 Å². The highest BCUT2D eigenvalue weighted by Gasteiger charge is 2.48. The molecule has 4 heterocycles. The summed E-state index contributed by atoms with van der Waals surface area (Å²) in [6, 6.07) is 1.37. The van der Waals surface area contributed by atoms with Gasteiger partial charge in [0.1, 0.15) is 78.6 Å². The van der Waals surface area contributed by atoms with Gasteiger partial charge in [-0.05, 0) is 94.4 Å². The molecule has 41 heteroatoms. The molecule has 3 fully saturated rings. The van der Waals surface area contributed by atoms with E-state index in [9.17, 15) is 93.8 Å². The second-order valence-electron chi connectivity index (χ2n) is 30.7. The number of aliphatic hydroxyl groups is 10. The predicted molar refractivity (Wildman–Crippen MR) is 431 cm³/mol. The van der Waals surface area contributed by atoms with Gasteiger partial charge in [-0.1, -0.05) is 77.0 Å². The molecule has 4 aliphatic rings. The minimum absolute atomic E-state index is 0.0341. The van der Waals surface area contributed by atoms with Crippen LogP contribution in [0.5, 0.6) is 0 Å². The smallest absolute Gasteiger partial charge is 0.396 e. The van der Waals surface area contributed by atoms with Crippen molar-refractivity contribution >= 4 is 60.9 Å². The lowest BCUT2D eigenvalue weighted by Crippen LogP contribution is -2.64. The van der Waals surface area contributed by atoms with Crippen molar-refractivity contribution in [1.29, 1.82) is 0 Å². The van der Waals surface area contributed by atoms with Crippen molar-refractivity contribution in [2.45, 2.75) is 285 Å². The van der Waals surface area contributed by atoms with Gasteiger partial charge in [0.05, 0.1) is 72.7 Å². The van der Waals surface area contributed by atoms with Crippen molar-refractivity contribution in [3.05, 3.63) is 29.3 Å². The Balaban J connectivity index is 1.19. The first-order valence-corrected chi connectivity index (χ1v) is 44.0. The number of fused-ring (bicyclic) bond motifs is 1. The lowest BCUT2D eigenvalue weighted by atomic mass is 9.97. The van der Waals surface area contributed by atoms with Crippen LogP contribution in [0.4, 0.5) is 10.5 Å². The maximum absolute atomic E-state index is 14.7. The molecule has 1 aromatic rings. The molecule has 0 spiro atoms. The van der Waals surface area contributed by atoms with Crippen LogP contribution in [0.2, 0.25) is 0 Å². The van der Waals surface area contributed by atoms with Crippen molar-refractivity contribution in [3.63, 3.8) is 0 Å². The van der Waals surface area contributed by atoms with Crippen molar-refractivity contribution in [3.8, 4) is 0 Å². The van der Waals surface area contributed by atoms with Gasteiger partial charge in [-0.15, -0.1) is 0 Å². The number of aliphatic hydroxyl groups excluding tert-OH is 10. The number of urea groups is 1. The molecule has 19 N–H and O–H groups in total. The molecule has 1 aromatic carbocycles. The number of benzene rings is 1. The molecule has 0 radical (unpaired) electrons. The van der Waals surface area contributed by atoms with E-state index in [1.54, 1.807) is 23.1 Å². The van der Waals surface area contributed by atoms with E-state index in [0.717, 1.165) is 32.1 Å². The van der Waals surface area contributed by atoms with Gasteiger partial charge >= 0.3 is 13.9 Å². The number of unbranched alkanes of at least 4 members (excludes halogenated alkanes) is 17. The summed E-state index contributed by atoms with van der Waals surface area (Å²) in [5.74, 6) is -3.03. The summed E-state index contributed by atoms with van der Waals surface area (Å²) < 4.78 is 75.6. The fourth-order valence-corrected chi connectivity index (χ4v) is 14.7. The summed E-state index contributed by atoms with van der Waals surface area (Å²) >= 11 is 0. The Labute approximate surface area is 702 Å². The first kappa shape index (κ1) is 105. The third-order valence-corrected chi connectivity index (χ3v) is 21.6. The SMILES string of the molecule is CC(=O)NC1C(OCCCCCCNC(=O)CCOCC(COCCC(=O)NCCCCCCOC2OC(CO)C(O)C(O)C2NC(C)=O)(COCCC(=O)NCCCCCCOC2OC(CO)C(O)C(O)C2NC(C)=O)NC(=O)c2ccc3c(c2)CCN3C(=O)NCCCCCCOP(=O)(O)OCCCCCCCCO)OC(CO)C(O)C1O. The van der Waals surface area contributed by atoms with Gasteiger partial charge < -0.3 is 141 Å². The number of phosphoric ester groups is 1. The van der Waals surface area contributed by atoms with Crippen LogP contribution in [0.25, 0.3) is 0 Å². The molecule has 4 aliphatic heterocycles. The molecule has 3 saturated heterocycles. The van der Waals surface area contributed by atoms with E-state index in [-0.39, 0.29) is 128 Å². The first-order chi connectivity index (χ1) is 57.7. The molecule has 0 saturated carbocycles. The molecule has 120 heavy (non-hydrogen) atoms. The minimum Gasteiger partial charge on any atom is -0.396 e. The van der Waals surface area contributed by atoms with Gasteiger partial charge in [0.2, 0.25) is 35.4 Å². The number of hydrogen-bond acceptors (Lipinski definition) is 30. The highest BCUT2D eigenvalue weighted by Crippen LogP contribution is 2.43. The normalized spacial score (nSPS) is 24.5. The molecule has 0 aliphatic carbocycles. The maximum Gasteiger partial charge on any atom is 0.472 e. The van der Waals surface area contributed by atoms with E-state index >= 15 is 0 Å². The molecule has 9 amide bonds. The van der Waals surface area contributed by atoms with E-state index in [2.05, 4.69) is 42.5 Å². The molecule has 16 atom stereocenters. The van der Waals surface area contributed by atoms with Gasteiger partial charge in [0.15, 0.2) is 18.9 Å². The number of amides is 9. The topological polar surface area (TPSA) is 577 Å². The minimum atomic E-state index is -4.18. The average molecular weight is 1740 g/mol. The van der Waals surface area contributed by atoms with E-state index in [0.29, 0.717) is 160 Å². The number of rotatable bonds is 64. The second kappa shape index (κ2) is 59.1. The zero-order chi connectivity index (χ0) is 87.7. The van der Waals surface area contributed by atoms with E-state index < -0.39 is 149 Å². The number of carbonyl (C=O) groups excluding carboxylic acids is 8. The molecule has 5 rings (SSSR count). The third-order valence-electron chi connectivity index (χ3n) is 20.6. The fourth-order valence-electron chi connectivity index (χ4n) is 13.9. The Morgan fingerprint density at radius 1 is 0.442 bits per heavy atom. The highest BCUT2D eigenvalue weighted by molar-refractivity contribution is 7.47. The molecule has 0 bridgehead atoms. The van der Waals surface area contributed by atoms with Crippen LogP contribution in [-0.2, 0) is 91.4 Å². The van der Waals surface area contributed by atoms with E-state index in [1.165, 1.54) is 20.8 Å². The Bertz CT molecular complexity index is 2970. The summed E-state index contributed by atoms with van der Waals surface area (Å²) in [5, 5.41) is 123.